The quantitative estimate of drug-likeness (QED) is 0.734. The summed E-state index contributed by atoms with van der Waals surface area (Å²) in [5.74, 6) is -0.559. The number of hydrogen-bond acceptors (Lipinski definition) is 3. The van der Waals surface area contributed by atoms with Crippen molar-refractivity contribution in [3.8, 4) is 17.2 Å². The molecule has 0 aliphatic carbocycles. The molecule has 0 bridgehead atoms. The van der Waals surface area contributed by atoms with E-state index in [1.54, 1.807) is 18.2 Å². The summed E-state index contributed by atoms with van der Waals surface area (Å²) in [5, 5.41) is 9.79. The van der Waals surface area contributed by atoms with Gasteiger partial charge in [0.15, 0.2) is 0 Å². The van der Waals surface area contributed by atoms with Crippen molar-refractivity contribution in [2.45, 2.75) is 19.9 Å². The molecule has 0 saturated heterocycles. The van der Waals surface area contributed by atoms with Crippen molar-refractivity contribution >= 4 is 26.6 Å². The third-order valence-corrected chi connectivity index (χ3v) is 4.66. The van der Waals surface area contributed by atoms with Gasteiger partial charge in [-0.15, -0.1) is 0 Å². The Bertz CT molecular complexity index is 1130. The van der Waals surface area contributed by atoms with Crippen LogP contribution in [0.25, 0.3) is 22.0 Å². The van der Waals surface area contributed by atoms with Crippen molar-refractivity contribution in [1.82, 2.24) is 4.57 Å². The van der Waals surface area contributed by atoms with Gasteiger partial charge in [-0.1, -0.05) is 19.1 Å². The first-order valence-electron chi connectivity index (χ1n) is 8.13. The number of nitrogens with one attached hydrogen (secondary N) is 1. The predicted molar refractivity (Wildman–Crippen MR) is 101 cm³/mol. The van der Waals surface area contributed by atoms with E-state index in [4.69, 9.17) is 5.26 Å². The van der Waals surface area contributed by atoms with E-state index in [-0.39, 0.29) is 5.56 Å². The van der Waals surface area contributed by atoms with Gasteiger partial charge in [0.2, 0.25) is 10.0 Å². The molecule has 0 fully saturated rings. The highest BCUT2D eigenvalue weighted by molar-refractivity contribution is 7.92. The summed E-state index contributed by atoms with van der Waals surface area (Å²) in [6, 6.07) is 11.6. The number of aromatic nitrogens is 1. The molecule has 1 N–H and O–H groups in total. The molecule has 3 aromatic rings. The van der Waals surface area contributed by atoms with Crippen LogP contribution in [-0.4, -0.2) is 19.2 Å². The number of anilines is 1. The summed E-state index contributed by atoms with van der Waals surface area (Å²) in [7, 11) is -3.37. The normalized spacial score (nSPS) is 11.5. The number of nitrogens with zero attached hydrogens (tertiary/aromatic N) is 2. The zero-order valence-corrected chi connectivity index (χ0v) is 15.3. The lowest BCUT2D eigenvalue weighted by atomic mass is 10.0. The molecule has 0 unspecified atom stereocenters. The standard InChI is InChI=1S/C19H18FN3O2S/c1-3-8-23-12-17(13-4-5-14(11-21)18(20)9-13)16-7-6-15(10-19(16)23)22-26(2,24)25/h4-7,9-10,12,22H,3,8H2,1-2H3. The number of fused-ring (bicyclic) bond motifs is 1. The molecular weight excluding hydrogens is 353 g/mol. The van der Waals surface area contributed by atoms with E-state index in [0.29, 0.717) is 11.3 Å². The highest BCUT2D eigenvalue weighted by Gasteiger charge is 2.13. The van der Waals surface area contributed by atoms with Crippen LogP contribution in [-0.2, 0) is 16.6 Å². The number of aryl methyl sites for hydroxylation is 1. The average molecular weight is 371 g/mol. The van der Waals surface area contributed by atoms with Crippen molar-refractivity contribution in [2.24, 2.45) is 0 Å². The van der Waals surface area contributed by atoms with Gasteiger partial charge in [0.1, 0.15) is 11.9 Å². The van der Waals surface area contributed by atoms with Gasteiger partial charge in [0.05, 0.1) is 23.0 Å². The van der Waals surface area contributed by atoms with Crippen LogP contribution in [0.1, 0.15) is 18.9 Å². The van der Waals surface area contributed by atoms with Crippen LogP contribution >= 0.6 is 0 Å². The molecule has 3 rings (SSSR count). The Balaban J connectivity index is 2.18. The first-order valence-corrected chi connectivity index (χ1v) is 10.0. The fourth-order valence-electron chi connectivity index (χ4n) is 3.00. The first kappa shape index (κ1) is 18.0. The second-order valence-corrected chi connectivity index (χ2v) is 7.90. The van der Waals surface area contributed by atoms with Crippen molar-refractivity contribution < 1.29 is 12.8 Å². The van der Waals surface area contributed by atoms with Gasteiger partial charge in [-0.05, 0) is 36.2 Å². The lowest BCUT2D eigenvalue weighted by Gasteiger charge is -2.07. The number of hydrogen-bond donors (Lipinski definition) is 1. The topological polar surface area (TPSA) is 74.9 Å². The smallest absolute Gasteiger partial charge is 0.229 e. The summed E-state index contributed by atoms with van der Waals surface area (Å²) < 4.78 is 41.5. The average Bonchev–Trinajstić information content (AvgIpc) is 2.92. The molecule has 0 aliphatic rings. The van der Waals surface area contributed by atoms with E-state index in [0.717, 1.165) is 35.7 Å². The minimum absolute atomic E-state index is 0.00526. The number of benzene rings is 2. The predicted octanol–water partition coefficient (Wildman–Crippen LogP) is 4.10. The molecule has 0 amide bonds. The van der Waals surface area contributed by atoms with Crippen LogP contribution in [0.15, 0.2) is 42.6 Å². The molecule has 26 heavy (non-hydrogen) atoms. The van der Waals surface area contributed by atoms with Crippen LogP contribution in [0.2, 0.25) is 0 Å². The number of rotatable bonds is 5. The number of sulfonamides is 1. The minimum atomic E-state index is -3.37. The van der Waals surface area contributed by atoms with Gasteiger partial charge in [-0.3, -0.25) is 4.72 Å². The minimum Gasteiger partial charge on any atom is -0.347 e. The van der Waals surface area contributed by atoms with E-state index >= 15 is 0 Å². The van der Waals surface area contributed by atoms with Crippen LogP contribution < -0.4 is 4.72 Å². The number of nitriles is 1. The molecule has 2 aromatic carbocycles. The third-order valence-electron chi connectivity index (χ3n) is 4.05. The lowest BCUT2D eigenvalue weighted by molar-refractivity contribution is 0.607. The largest absolute Gasteiger partial charge is 0.347 e. The lowest BCUT2D eigenvalue weighted by Crippen LogP contribution is -2.09. The fraction of sp³-hybridized carbons (Fsp3) is 0.211. The van der Waals surface area contributed by atoms with Crippen molar-refractivity contribution in [3.63, 3.8) is 0 Å². The zero-order valence-electron chi connectivity index (χ0n) is 14.5. The molecule has 1 aromatic heterocycles. The number of halogens is 1. The molecular formula is C19H18FN3O2S. The molecule has 1 heterocycles. The van der Waals surface area contributed by atoms with E-state index in [1.807, 2.05) is 29.8 Å². The van der Waals surface area contributed by atoms with E-state index in [1.165, 1.54) is 12.1 Å². The summed E-state index contributed by atoms with van der Waals surface area (Å²) in [6.45, 7) is 2.79. The second kappa shape index (κ2) is 6.81. The summed E-state index contributed by atoms with van der Waals surface area (Å²) in [6.07, 6.45) is 3.93. The highest BCUT2D eigenvalue weighted by Crippen LogP contribution is 2.33. The van der Waals surface area contributed by atoms with Crippen molar-refractivity contribution in [1.29, 1.82) is 5.26 Å². The van der Waals surface area contributed by atoms with Gasteiger partial charge in [0, 0.05) is 23.7 Å². The van der Waals surface area contributed by atoms with Gasteiger partial charge < -0.3 is 4.57 Å². The van der Waals surface area contributed by atoms with Crippen LogP contribution in [0.4, 0.5) is 10.1 Å². The Morgan fingerprint density at radius 2 is 2.00 bits per heavy atom. The Morgan fingerprint density at radius 1 is 1.23 bits per heavy atom. The van der Waals surface area contributed by atoms with Crippen LogP contribution in [0.3, 0.4) is 0 Å². The van der Waals surface area contributed by atoms with E-state index in [2.05, 4.69) is 4.72 Å². The molecule has 0 spiro atoms. The summed E-state index contributed by atoms with van der Waals surface area (Å²) in [4.78, 5) is 0. The van der Waals surface area contributed by atoms with Gasteiger partial charge >= 0.3 is 0 Å². The second-order valence-electron chi connectivity index (χ2n) is 6.15. The summed E-state index contributed by atoms with van der Waals surface area (Å²) in [5.41, 5.74) is 2.85. The maximum absolute atomic E-state index is 14.0. The van der Waals surface area contributed by atoms with Crippen LogP contribution in [0, 0.1) is 17.1 Å². The Kier molecular flexibility index (Phi) is 4.70. The Hall–Kier alpha value is -2.85. The van der Waals surface area contributed by atoms with Crippen molar-refractivity contribution in [3.05, 3.63) is 54.0 Å². The van der Waals surface area contributed by atoms with E-state index in [9.17, 15) is 12.8 Å². The molecule has 0 saturated carbocycles. The molecule has 0 aliphatic heterocycles. The van der Waals surface area contributed by atoms with Gasteiger partial charge in [-0.25, -0.2) is 12.8 Å². The Labute approximate surface area is 151 Å². The van der Waals surface area contributed by atoms with Gasteiger partial charge in [0.25, 0.3) is 0 Å². The molecule has 7 heteroatoms. The van der Waals surface area contributed by atoms with Crippen molar-refractivity contribution in [2.75, 3.05) is 11.0 Å². The Morgan fingerprint density at radius 3 is 2.62 bits per heavy atom. The monoisotopic (exact) mass is 371 g/mol. The first-order chi connectivity index (χ1) is 12.3. The van der Waals surface area contributed by atoms with Crippen LogP contribution in [0.5, 0.6) is 0 Å². The SMILES string of the molecule is CCCn1cc(-c2ccc(C#N)c(F)c2)c2ccc(NS(C)(=O)=O)cc21. The van der Waals surface area contributed by atoms with E-state index < -0.39 is 15.8 Å². The summed E-state index contributed by atoms with van der Waals surface area (Å²) >= 11 is 0. The molecule has 134 valence electrons. The molecule has 5 nitrogen and oxygen atoms in total. The molecule has 0 atom stereocenters. The maximum Gasteiger partial charge on any atom is 0.229 e. The third kappa shape index (κ3) is 3.55. The highest BCUT2D eigenvalue weighted by atomic mass is 32.2. The van der Waals surface area contributed by atoms with Gasteiger partial charge in [-0.2, -0.15) is 5.26 Å². The maximum atomic E-state index is 14.0. The molecule has 0 radical (unpaired) electrons. The zero-order chi connectivity index (χ0) is 18.9. The fourth-order valence-corrected chi connectivity index (χ4v) is 3.55.